The summed E-state index contributed by atoms with van der Waals surface area (Å²) < 4.78 is 16.2. The van der Waals surface area contributed by atoms with Crippen molar-refractivity contribution in [2.45, 2.75) is 48.5 Å². The molecule has 0 bridgehead atoms. The molecule has 0 saturated heterocycles. The lowest BCUT2D eigenvalue weighted by Crippen LogP contribution is -2.17. The van der Waals surface area contributed by atoms with Crippen LogP contribution in [0.1, 0.15) is 50.1 Å². The maximum atomic E-state index is 12.9. The zero-order chi connectivity index (χ0) is 51.6. The Morgan fingerprint density at radius 3 is 1.03 bits per heavy atom. The molecule has 15 aromatic rings. The highest BCUT2D eigenvalue weighted by atomic mass is 16.3. The van der Waals surface area contributed by atoms with E-state index < -0.39 is 0 Å². The standard InChI is InChI=1S/C69H48N6O/c1-37-18-27-56-53(28-37)51-25-26-52-50-10-8-9-11-63(50)76-69(52)68(51)75(56)67-55(36-71)65(73-59-31-40(4)14-21-46(59)47-22-15-41(5)32-60(47)73)64(72-57-29-38(2)12-19-44(57)45-20-13-39(3)30-58(45)72)54(35-70)66(67)74-61-33-42(6)16-23-48(61)49-24-17-43(7)34-62(49)74/h8-34H,1-7H3. The highest BCUT2D eigenvalue weighted by molar-refractivity contribution is 6.23. The Morgan fingerprint density at radius 2 is 0.632 bits per heavy atom. The molecule has 7 heteroatoms. The monoisotopic (exact) mass is 976 g/mol. The molecule has 0 aliphatic heterocycles. The minimum Gasteiger partial charge on any atom is -0.454 e. The molecule has 5 heterocycles. The molecule has 0 saturated carbocycles. The first-order valence-corrected chi connectivity index (χ1v) is 25.9. The topological polar surface area (TPSA) is 80.4 Å². The molecule has 15 rings (SSSR count). The van der Waals surface area contributed by atoms with Crippen molar-refractivity contribution < 1.29 is 4.42 Å². The molecular formula is C69H48N6O. The second-order valence-corrected chi connectivity index (χ2v) is 21.3. The van der Waals surface area contributed by atoms with Gasteiger partial charge in [0.2, 0.25) is 0 Å². The van der Waals surface area contributed by atoms with E-state index in [0.717, 1.165) is 143 Å². The van der Waals surface area contributed by atoms with E-state index >= 15 is 0 Å². The van der Waals surface area contributed by atoms with Gasteiger partial charge in [0.15, 0.2) is 5.58 Å². The van der Waals surface area contributed by atoms with Crippen LogP contribution in [0.4, 0.5) is 0 Å². The van der Waals surface area contributed by atoms with E-state index in [2.05, 4.69) is 231 Å². The number of aromatic nitrogens is 4. The molecule has 76 heavy (non-hydrogen) atoms. The molecule has 7 nitrogen and oxygen atoms in total. The van der Waals surface area contributed by atoms with E-state index in [4.69, 9.17) is 4.42 Å². The molecule has 0 amide bonds. The van der Waals surface area contributed by atoms with Crippen molar-refractivity contribution >= 4 is 109 Å². The van der Waals surface area contributed by atoms with Gasteiger partial charge < -0.3 is 22.7 Å². The summed E-state index contributed by atoms with van der Waals surface area (Å²) in [5.41, 5.74) is 19.6. The Kier molecular flexibility index (Phi) is 8.98. The number of hydrogen-bond acceptors (Lipinski definition) is 3. The Labute approximate surface area is 437 Å². The maximum absolute atomic E-state index is 12.9. The normalized spacial score (nSPS) is 12.1. The fourth-order valence-corrected chi connectivity index (χ4v) is 12.8. The molecule has 0 atom stereocenters. The summed E-state index contributed by atoms with van der Waals surface area (Å²) in [6, 6.07) is 64.7. The first-order valence-electron chi connectivity index (χ1n) is 25.9. The second kappa shape index (κ2) is 15.6. The van der Waals surface area contributed by atoms with E-state index in [1.165, 1.54) is 0 Å². The number of aryl methyl sites for hydroxylation is 7. The van der Waals surface area contributed by atoms with E-state index in [9.17, 15) is 10.5 Å². The third kappa shape index (κ3) is 5.85. The van der Waals surface area contributed by atoms with Gasteiger partial charge in [-0.1, -0.05) is 109 Å². The molecule has 0 aliphatic rings. The van der Waals surface area contributed by atoms with E-state index in [0.29, 0.717) is 39.5 Å². The Morgan fingerprint density at radius 1 is 0.303 bits per heavy atom. The van der Waals surface area contributed by atoms with Crippen molar-refractivity contribution in [1.82, 2.24) is 18.3 Å². The Balaban J connectivity index is 1.31. The average Bonchev–Trinajstić information content (AvgIpc) is 4.39. The van der Waals surface area contributed by atoms with Crippen LogP contribution >= 0.6 is 0 Å². The quantitative estimate of drug-likeness (QED) is 0.176. The van der Waals surface area contributed by atoms with E-state index in [1.807, 2.05) is 12.1 Å². The van der Waals surface area contributed by atoms with Crippen LogP contribution in [-0.4, -0.2) is 18.3 Å². The molecule has 5 aromatic heterocycles. The van der Waals surface area contributed by atoms with Crippen molar-refractivity contribution in [3.63, 3.8) is 0 Å². The van der Waals surface area contributed by atoms with Gasteiger partial charge in [0.05, 0.1) is 66.9 Å². The second-order valence-electron chi connectivity index (χ2n) is 21.3. The summed E-state index contributed by atoms with van der Waals surface area (Å²) in [5.74, 6) is 0. The largest absolute Gasteiger partial charge is 0.454 e. The number of nitriles is 2. The molecule has 0 spiro atoms. The van der Waals surface area contributed by atoms with Crippen molar-refractivity contribution in [3.8, 4) is 34.9 Å². The third-order valence-corrected chi connectivity index (χ3v) is 16.2. The van der Waals surface area contributed by atoms with Crippen molar-refractivity contribution in [1.29, 1.82) is 10.5 Å². The van der Waals surface area contributed by atoms with Crippen LogP contribution in [0.2, 0.25) is 0 Å². The number of furan rings is 1. The highest BCUT2D eigenvalue weighted by Crippen LogP contribution is 2.50. The van der Waals surface area contributed by atoms with Crippen LogP contribution in [0, 0.1) is 71.1 Å². The number of para-hydroxylation sites is 1. The molecule has 360 valence electrons. The Bertz CT molecular complexity index is 5040. The summed E-state index contributed by atoms with van der Waals surface area (Å²) in [7, 11) is 0. The van der Waals surface area contributed by atoms with Crippen LogP contribution in [0.5, 0.6) is 0 Å². The summed E-state index contributed by atoms with van der Waals surface area (Å²) in [4.78, 5) is 0. The van der Waals surface area contributed by atoms with Crippen LogP contribution in [0.25, 0.3) is 132 Å². The molecule has 0 unspecified atom stereocenters. The zero-order valence-electron chi connectivity index (χ0n) is 43.2. The predicted molar refractivity (Wildman–Crippen MR) is 314 cm³/mol. The number of fused-ring (bicyclic) bond motifs is 16. The van der Waals surface area contributed by atoms with Crippen LogP contribution in [0.15, 0.2) is 168 Å². The number of benzene rings is 10. The van der Waals surface area contributed by atoms with Crippen molar-refractivity contribution in [3.05, 3.63) is 214 Å². The molecule has 0 radical (unpaired) electrons. The fraction of sp³-hybridized carbons (Fsp3) is 0.101. The minimum absolute atomic E-state index is 0.406. The van der Waals surface area contributed by atoms with Gasteiger partial charge in [-0.25, -0.2) is 0 Å². The summed E-state index contributed by atoms with van der Waals surface area (Å²) in [6.45, 7) is 14.9. The summed E-state index contributed by atoms with van der Waals surface area (Å²) in [5, 5.41) is 36.0. The molecule has 10 aromatic carbocycles. The lowest BCUT2D eigenvalue weighted by atomic mass is 9.98. The highest BCUT2D eigenvalue weighted by Gasteiger charge is 2.35. The van der Waals surface area contributed by atoms with Crippen molar-refractivity contribution in [2.75, 3.05) is 0 Å². The van der Waals surface area contributed by atoms with Gasteiger partial charge in [-0.05, 0) is 143 Å². The molecule has 0 aliphatic carbocycles. The smallest absolute Gasteiger partial charge is 0.160 e. The first kappa shape index (κ1) is 43.7. The van der Waals surface area contributed by atoms with Gasteiger partial charge in [0.1, 0.15) is 28.8 Å². The molecular weight excluding hydrogens is 929 g/mol. The summed E-state index contributed by atoms with van der Waals surface area (Å²) in [6.07, 6.45) is 0. The number of nitrogens with zero attached hydrogens (tertiary/aromatic N) is 6. The van der Waals surface area contributed by atoms with Gasteiger partial charge in [0, 0.05) is 53.9 Å². The third-order valence-electron chi connectivity index (χ3n) is 16.2. The van der Waals surface area contributed by atoms with Gasteiger partial charge in [-0.15, -0.1) is 0 Å². The maximum Gasteiger partial charge on any atom is 0.160 e. The lowest BCUT2D eigenvalue weighted by molar-refractivity contribution is 0.671. The van der Waals surface area contributed by atoms with E-state index in [-0.39, 0.29) is 0 Å². The fourth-order valence-electron chi connectivity index (χ4n) is 12.8. The molecule has 0 fully saturated rings. The SMILES string of the molecule is Cc1ccc2c(c1)c1ccc3c4ccccc4oc3c1n2-c1c(C#N)c(-n2c3cc(C)ccc3c3ccc(C)cc32)c(-n2c3cc(C)ccc3c3ccc(C)cc32)c(C#N)c1-n1c2cc(C)ccc2c2ccc(C)cc21. The van der Waals surface area contributed by atoms with Crippen LogP contribution in [-0.2, 0) is 0 Å². The van der Waals surface area contributed by atoms with Gasteiger partial charge in [-0.3, -0.25) is 0 Å². The first-order chi connectivity index (χ1) is 37.0. The predicted octanol–water partition coefficient (Wildman–Crippen LogP) is 17.9. The Hall–Kier alpha value is -9.82. The van der Waals surface area contributed by atoms with E-state index in [1.54, 1.807) is 0 Å². The van der Waals surface area contributed by atoms with Gasteiger partial charge >= 0.3 is 0 Å². The summed E-state index contributed by atoms with van der Waals surface area (Å²) >= 11 is 0. The average molecular weight is 977 g/mol. The van der Waals surface area contributed by atoms with Crippen LogP contribution < -0.4 is 0 Å². The van der Waals surface area contributed by atoms with Crippen LogP contribution in [0.3, 0.4) is 0 Å². The zero-order valence-corrected chi connectivity index (χ0v) is 43.2. The van der Waals surface area contributed by atoms with Gasteiger partial charge in [0.25, 0.3) is 0 Å². The lowest BCUT2D eigenvalue weighted by Gasteiger charge is -2.27. The van der Waals surface area contributed by atoms with Crippen molar-refractivity contribution in [2.24, 2.45) is 0 Å². The van der Waals surface area contributed by atoms with Gasteiger partial charge in [-0.2, -0.15) is 10.5 Å². The molecule has 0 N–H and O–H groups in total. The minimum atomic E-state index is 0.406. The number of rotatable bonds is 4. The number of hydrogen-bond donors (Lipinski definition) is 0.